The molecule has 1 aromatic heterocycles. The number of aromatic nitrogens is 1. The van der Waals surface area contributed by atoms with Crippen molar-refractivity contribution in [2.24, 2.45) is 0 Å². The molecule has 0 aliphatic rings. The summed E-state index contributed by atoms with van der Waals surface area (Å²) in [5.74, 6) is 0. The lowest BCUT2D eigenvalue weighted by molar-refractivity contribution is -0.141. The van der Waals surface area contributed by atoms with Crippen LogP contribution in [0.25, 0.3) is 0 Å². The summed E-state index contributed by atoms with van der Waals surface area (Å²) in [6.07, 6.45) is -3.41. The molecule has 0 radical (unpaired) electrons. The Hall–Kier alpha value is -0.0400. The van der Waals surface area contributed by atoms with Crippen LogP contribution in [-0.4, -0.2) is 4.98 Å². The zero-order valence-electron chi connectivity index (χ0n) is 5.49. The molecule has 0 spiro atoms. The minimum Gasteiger partial charge on any atom is -0.250 e. The molecule has 6 heteroatoms. The Labute approximate surface area is 85.1 Å². The third kappa shape index (κ3) is 2.22. The number of rotatable bonds is 0. The molecule has 0 aromatic carbocycles. The van der Waals surface area contributed by atoms with Crippen LogP contribution in [0.5, 0.6) is 0 Å². The summed E-state index contributed by atoms with van der Waals surface area (Å²) in [5.41, 5.74) is -0.920. The van der Waals surface area contributed by atoms with Crippen LogP contribution >= 0.6 is 34.2 Å². The molecular weight excluding hydrogens is 305 g/mol. The van der Waals surface area contributed by atoms with Gasteiger partial charge in [-0.05, 0) is 28.7 Å². The fraction of sp³-hybridized carbons (Fsp3) is 0.167. The Bertz CT molecular complexity index is 299. The number of halogens is 5. The van der Waals surface area contributed by atoms with Crippen molar-refractivity contribution in [2.75, 3.05) is 0 Å². The van der Waals surface area contributed by atoms with Crippen molar-refractivity contribution in [1.82, 2.24) is 4.98 Å². The second-order valence-corrected chi connectivity index (χ2v) is 3.55. The Kier molecular flexibility index (Phi) is 2.82. The summed E-state index contributed by atoms with van der Waals surface area (Å²) in [6, 6.07) is 0.906. The zero-order valence-corrected chi connectivity index (χ0v) is 8.41. The minimum atomic E-state index is -4.40. The van der Waals surface area contributed by atoms with Gasteiger partial charge in [-0.15, -0.1) is 0 Å². The van der Waals surface area contributed by atoms with Gasteiger partial charge in [-0.3, -0.25) is 4.98 Å². The topological polar surface area (TPSA) is 12.9 Å². The first kappa shape index (κ1) is 10.0. The molecule has 1 aromatic rings. The van der Waals surface area contributed by atoms with E-state index in [2.05, 4.69) is 4.98 Å². The van der Waals surface area contributed by atoms with Gasteiger partial charge in [0, 0.05) is 9.77 Å². The van der Waals surface area contributed by atoms with Gasteiger partial charge >= 0.3 is 6.18 Å². The predicted molar refractivity (Wildman–Crippen MR) is 47.0 cm³/mol. The van der Waals surface area contributed by atoms with Crippen molar-refractivity contribution in [1.29, 1.82) is 0 Å². The van der Waals surface area contributed by atoms with Crippen LogP contribution in [0.1, 0.15) is 5.69 Å². The van der Waals surface area contributed by atoms with E-state index in [4.69, 9.17) is 11.6 Å². The second kappa shape index (κ2) is 3.37. The first-order chi connectivity index (χ1) is 5.41. The smallest absolute Gasteiger partial charge is 0.250 e. The summed E-state index contributed by atoms with van der Waals surface area (Å²) >= 11 is 7.21. The van der Waals surface area contributed by atoms with E-state index in [1.54, 1.807) is 22.6 Å². The third-order valence-electron chi connectivity index (χ3n) is 1.10. The van der Waals surface area contributed by atoms with Crippen molar-refractivity contribution in [2.45, 2.75) is 6.18 Å². The van der Waals surface area contributed by atoms with Crippen molar-refractivity contribution in [3.8, 4) is 0 Å². The molecule has 0 fully saturated rings. The van der Waals surface area contributed by atoms with Crippen molar-refractivity contribution < 1.29 is 13.2 Å². The summed E-state index contributed by atoms with van der Waals surface area (Å²) in [7, 11) is 0. The van der Waals surface area contributed by atoms with E-state index in [-0.39, 0.29) is 5.02 Å². The second-order valence-electron chi connectivity index (χ2n) is 1.98. The van der Waals surface area contributed by atoms with E-state index in [1.165, 1.54) is 0 Å². The van der Waals surface area contributed by atoms with Gasteiger partial charge in [0.2, 0.25) is 0 Å². The molecule has 0 unspecified atom stereocenters. The molecule has 0 aliphatic carbocycles. The summed E-state index contributed by atoms with van der Waals surface area (Å²) in [6.45, 7) is 0. The maximum absolute atomic E-state index is 12.0. The van der Waals surface area contributed by atoms with Crippen molar-refractivity contribution >= 4 is 34.2 Å². The summed E-state index contributed by atoms with van der Waals surface area (Å²) in [4.78, 5) is 3.15. The first-order valence-corrected chi connectivity index (χ1v) is 4.25. The molecule has 0 amide bonds. The highest BCUT2D eigenvalue weighted by atomic mass is 127. The van der Waals surface area contributed by atoms with Crippen LogP contribution in [0.3, 0.4) is 0 Å². The van der Waals surface area contributed by atoms with E-state index in [9.17, 15) is 13.2 Å². The fourth-order valence-electron chi connectivity index (χ4n) is 0.569. The van der Waals surface area contributed by atoms with E-state index in [0.717, 1.165) is 12.3 Å². The molecule has 0 atom stereocenters. The number of hydrogen-bond donors (Lipinski definition) is 0. The number of hydrogen-bond acceptors (Lipinski definition) is 1. The monoisotopic (exact) mass is 307 g/mol. The molecule has 0 aliphatic heterocycles. The first-order valence-electron chi connectivity index (χ1n) is 2.79. The van der Waals surface area contributed by atoms with E-state index < -0.39 is 11.9 Å². The Morgan fingerprint density at radius 1 is 1.42 bits per heavy atom. The summed E-state index contributed by atoms with van der Waals surface area (Å²) < 4.78 is 36.3. The highest BCUT2D eigenvalue weighted by Gasteiger charge is 2.32. The minimum absolute atomic E-state index is 0.226. The standard InChI is InChI=1S/C6H2ClF3IN/c7-3-2-12-5(1-4(3)11)6(8,9)10/h1-2H. The Balaban J connectivity index is 3.14. The van der Waals surface area contributed by atoms with Gasteiger partial charge in [-0.2, -0.15) is 13.2 Å². The number of alkyl halides is 3. The van der Waals surface area contributed by atoms with Crippen LogP contribution in [0.2, 0.25) is 5.02 Å². The van der Waals surface area contributed by atoms with Crippen LogP contribution in [-0.2, 0) is 6.18 Å². The van der Waals surface area contributed by atoms with E-state index in [1.807, 2.05) is 0 Å². The molecule has 0 N–H and O–H groups in total. The molecule has 1 heterocycles. The number of nitrogens with zero attached hydrogens (tertiary/aromatic N) is 1. The zero-order chi connectivity index (χ0) is 9.35. The fourth-order valence-corrected chi connectivity index (χ4v) is 1.11. The van der Waals surface area contributed by atoms with Gasteiger partial charge in [0.05, 0.1) is 5.02 Å². The average molecular weight is 307 g/mol. The highest BCUT2D eigenvalue weighted by molar-refractivity contribution is 14.1. The maximum Gasteiger partial charge on any atom is 0.433 e. The van der Waals surface area contributed by atoms with Gasteiger partial charge in [-0.1, -0.05) is 11.6 Å². The highest BCUT2D eigenvalue weighted by Crippen LogP contribution is 2.29. The lowest BCUT2D eigenvalue weighted by Crippen LogP contribution is -2.07. The van der Waals surface area contributed by atoms with Crippen molar-refractivity contribution in [3.63, 3.8) is 0 Å². The summed E-state index contributed by atoms with van der Waals surface area (Å²) in [5, 5.41) is 0.226. The molecule has 12 heavy (non-hydrogen) atoms. The van der Waals surface area contributed by atoms with Gasteiger partial charge in [0.25, 0.3) is 0 Å². The van der Waals surface area contributed by atoms with Crippen LogP contribution < -0.4 is 0 Å². The Morgan fingerprint density at radius 2 is 2.00 bits per heavy atom. The van der Waals surface area contributed by atoms with E-state index >= 15 is 0 Å². The molecular formula is C6H2ClF3IN. The molecule has 0 saturated carbocycles. The average Bonchev–Trinajstić information content (AvgIpc) is 1.92. The lowest BCUT2D eigenvalue weighted by Gasteiger charge is -2.05. The van der Waals surface area contributed by atoms with Gasteiger partial charge in [0.15, 0.2) is 0 Å². The van der Waals surface area contributed by atoms with E-state index in [0.29, 0.717) is 3.57 Å². The molecule has 0 bridgehead atoms. The van der Waals surface area contributed by atoms with Crippen LogP contribution in [0.4, 0.5) is 13.2 Å². The maximum atomic E-state index is 12.0. The predicted octanol–water partition coefficient (Wildman–Crippen LogP) is 3.36. The lowest BCUT2D eigenvalue weighted by atomic mass is 10.3. The van der Waals surface area contributed by atoms with Gasteiger partial charge in [0.1, 0.15) is 5.69 Å². The quantitative estimate of drug-likeness (QED) is 0.670. The largest absolute Gasteiger partial charge is 0.433 e. The molecule has 1 nitrogen and oxygen atoms in total. The normalized spacial score (nSPS) is 11.8. The molecule has 0 saturated heterocycles. The van der Waals surface area contributed by atoms with Crippen molar-refractivity contribution in [3.05, 3.63) is 26.5 Å². The van der Waals surface area contributed by atoms with Crippen LogP contribution in [0.15, 0.2) is 12.3 Å². The number of pyridine rings is 1. The van der Waals surface area contributed by atoms with Crippen LogP contribution in [0, 0.1) is 3.57 Å². The SMILES string of the molecule is FC(F)(F)c1cc(I)c(Cl)cn1. The van der Waals surface area contributed by atoms with Gasteiger partial charge < -0.3 is 0 Å². The van der Waals surface area contributed by atoms with Gasteiger partial charge in [-0.25, -0.2) is 0 Å². The molecule has 1 rings (SSSR count). The Morgan fingerprint density at radius 3 is 2.42 bits per heavy atom. The third-order valence-corrected chi connectivity index (χ3v) is 2.61. The molecule has 66 valence electrons.